The van der Waals surface area contributed by atoms with Gasteiger partial charge in [0.1, 0.15) is 27.8 Å². The van der Waals surface area contributed by atoms with E-state index in [4.69, 9.17) is 13.9 Å². The van der Waals surface area contributed by atoms with E-state index in [1.165, 1.54) is 0 Å². The molecule has 0 aliphatic carbocycles. The smallest absolute Gasteiger partial charge is 0.261 e. The molecule has 3 heterocycles. The second-order valence-corrected chi connectivity index (χ2v) is 7.65. The van der Waals surface area contributed by atoms with Gasteiger partial charge in [-0.3, -0.25) is 9.69 Å². The number of rotatable bonds is 6. The van der Waals surface area contributed by atoms with Gasteiger partial charge >= 0.3 is 0 Å². The van der Waals surface area contributed by atoms with Gasteiger partial charge in [0.15, 0.2) is 5.76 Å². The molecule has 0 saturated carbocycles. The van der Waals surface area contributed by atoms with Crippen molar-refractivity contribution in [3.05, 3.63) is 52.5 Å². The Labute approximate surface area is 173 Å². The summed E-state index contributed by atoms with van der Waals surface area (Å²) >= 11 is 1.63. The first kappa shape index (κ1) is 19.5. The van der Waals surface area contributed by atoms with Gasteiger partial charge in [0.2, 0.25) is 0 Å². The van der Waals surface area contributed by atoms with Crippen LogP contribution < -0.4 is 9.47 Å². The summed E-state index contributed by atoms with van der Waals surface area (Å²) in [5.74, 6) is 1.79. The van der Waals surface area contributed by atoms with Crippen molar-refractivity contribution in [3.8, 4) is 23.0 Å². The lowest BCUT2D eigenvalue weighted by Crippen LogP contribution is -2.48. The number of benzene rings is 1. The quantitative estimate of drug-likeness (QED) is 0.617. The van der Waals surface area contributed by atoms with Crippen molar-refractivity contribution in [2.75, 3.05) is 40.4 Å². The zero-order chi connectivity index (χ0) is 20.2. The summed E-state index contributed by atoms with van der Waals surface area (Å²) in [5, 5.41) is 3.06. The van der Waals surface area contributed by atoms with Gasteiger partial charge in [-0.2, -0.15) is 0 Å². The number of carbonyl (C=O) groups excluding carboxylic acids is 1. The molecule has 1 aliphatic rings. The fourth-order valence-corrected chi connectivity index (χ4v) is 4.27. The lowest BCUT2D eigenvalue weighted by atomic mass is 10.1. The number of nitrogens with zero attached hydrogens (tertiary/aromatic N) is 3. The predicted octanol–water partition coefficient (Wildman–Crippen LogP) is 3.38. The summed E-state index contributed by atoms with van der Waals surface area (Å²) in [6.07, 6.45) is 1.65. The maximum Gasteiger partial charge on any atom is 0.261 e. The van der Waals surface area contributed by atoms with Crippen molar-refractivity contribution < 1.29 is 18.7 Å². The molecule has 0 spiro atoms. The Bertz CT molecular complexity index is 940. The van der Waals surface area contributed by atoms with E-state index in [0.29, 0.717) is 30.2 Å². The number of thiazole rings is 1. The van der Waals surface area contributed by atoms with Crippen LogP contribution in [0.4, 0.5) is 0 Å². The van der Waals surface area contributed by atoms with Gasteiger partial charge in [-0.25, -0.2) is 4.98 Å². The molecule has 0 unspecified atom stereocenters. The molecule has 1 fully saturated rings. The molecule has 4 rings (SSSR count). The Morgan fingerprint density at radius 3 is 2.45 bits per heavy atom. The number of methoxy groups -OCH3 is 2. The number of hydrogen-bond acceptors (Lipinski definition) is 7. The van der Waals surface area contributed by atoms with E-state index in [1.807, 2.05) is 28.5 Å². The zero-order valence-corrected chi connectivity index (χ0v) is 17.3. The number of ether oxygens (including phenoxy) is 2. The summed E-state index contributed by atoms with van der Waals surface area (Å²) < 4.78 is 16.2. The first-order chi connectivity index (χ1) is 14.2. The Kier molecular flexibility index (Phi) is 5.82. The van der Waals surface area contributed by atoms with Crippen LogP contribution in [0, 0.1) is 0 Å². The highest BCUT2D eigenvalue weighted by Crippen LogP contribution is 2.30. The van der Waals surface area contributed by atoms with Crippen molar-refractivity contribution in [1.82, 2.24) is 14.8 Å². The van der Waals surface area contributed by atoms with Crippen molar-refractivity contribution in [3.63, 3.8) is 0 Å². The average molecular weight is 413 g/mol. The van der Waals surface area contributed by atoms with Crippen LogP contribution in [0.1, 0.15) is 15.4 Å². The van der Waals surface area contributed by atoms with Crippen molar-refractivity contribution >= 4 is 17.2 Å². The van der Waals surface area contributed by atoms with E-state index in [2.05, 4.69) is 9.88 Å². The highest BCUT2D eigenvalue weighted by Gasteiger charge is 2.27. The minimum Gasteiger partial charge on any atom is -0.496 e. The lowest BCUT2D eigenvalue weighted by molar-refractivity contribution is 0.0622. The number of furan rings is 1. The molecular formula is C21H23N3O4S. The Balaban J connectivity index is 1.38. The third-order valence-electron chi connectivity index (χ3n) is 4.99. The Morgan fingerprint density at radius 1 is 1.10 bits per heavy atom. The Morgan fingerprint density at radius 2 is 1.83 bits per heavy atom. The normalized spacial score (nSPS) is 14.8. The molecule has 0 bridgehead atoms. The van der Waals surface area contributed by atoms with Crippen molar-refractivity contribution in [2.45, 2.75) is 6.54 Å². The predicted molar refractivity (Wildman–Crippen MR) is 111 cm³/mol. The molecular weight excluding hydrogens is 390 g/mol. The summed E-state index contributed by atoms with van der Waals surface area (Å²) in [6.45, 7) is 3.65. The third-order valence-corrected chi connectivity index (χ3v) is 5.82. The van der Waals surface area contributed by atoms with E-state index in [9.17, 15) is 4.79 Å². The zero-order valence-electron chi connectivity index (χ0n) is 16.5. The van der Waals surface area contributed by atoms with E-state index in [0.717, 1.165) is 36.1 Å². The largest absolute Gasteiger partial charge is 0.496 e. The molecule has 0 atom stereocenters. The molecule has 8 heteroatoms. The summed E-state index contributed by atoms with van der Waals surface area (Å²) in [7, 11) is 3.13. The topological polar surface area (TPSA) is 68.0 Å². The molecule has 0 N–H and O–H groups in total. The van der Waals surface area contributed by atoms with Crippen LogP contribution in [-0.2, 0) is 6.54 Å². The number of amides is 1. The number of carbonyl (C=O) groups is 1. The minimum atomic E-state index is -0.0618. The van der Waals surface area contributed by atoms with E-state index in [1.54, 1.807) is 44.0 Å². The maximum atomic E-state index is 13.1. The van der Waals surface area contributed by atoms with Gasteiger partial charge in [0, 0.05) is 31.6 Å². The fourth-order valence-electron chi connectivity index (χ4n) is 3.44. The SMILES string of the molecule is COc1cccc(OC)c1C(=O)N1CCN(Cc2nc(-c3ccco3)cs2)CC1. The van der Waals surface area contributed by atoms with Crippen LogP contribution in [0.15, 0.2) is 46.4 Å². The molecule has 2 aromatic heterocycles. The van der Waals surface area contributed by atoms with Crippen LogP contribution in [0.5, 0.6) is 11.5 Å². The summed E-state index contributed by atoms with van der Waals surface area (Å²) in [4.78, 5) is 21.9. The molecule has 29 heavy (non-hydrogen) atoms. The third kappa shape index (κ3) is 4.13. The molecule has 1 aliphatic heterocycles. The number of piperazine rings is 1. The molecule has 152 valence electrons. The molecule has 3 aromatic rings. The van der Waals surface area contributed by atoms with Crippen molar-refractivity contribution in [1.29, 1.82) is 0 Å². The van der Waals surface area contributed by atoms with E-state index >= 15 is 0 Å². The molecule has 0 radical (unpaired) electrons. The molecule has 1 amide bonds. The highest BCUT2D eigenvalue weighted by atomic mass is 32.1. The van der Waals surface area contributed by atoms with Gasteiger partial charge in [0.05, 0.1) is 27.0 Å². The second-order valence-electron chi connectivity index (χ2n) is 6.71. The van der Waals surface area contributed by atoms with E-state index < -0.39 is 0 Å². The van der Waals surface area contributed by atoms with Crippen LogP contribution in [0.25, 0.3) is 11.5 Å². The number of aromatic nitrogens is 1. The van der Waals surface area contributed by atoms with Crippen LogP contribution >= 0.6 is 11.3 Å². The van der Waals surface area contributed by atoms with Gasteiger partial charge in [-0.1, -0.05) is 6.07 Å². The van der Waals surface area contributed by atoms with Gasteiger partial charge < -0.3 is 18.8 Å². The Hall–Kier alpha value is -2.84. The van der Waals surface area contributed by atoms with Crippen molar-refractivity contribution in [2.24, 2.45) is 0 Å². The maximum absolute atomic E-state index is 13.1. The van der Waals surface area contributed by atoms with Crippen LogP contribution in [0.3, 0.4) is 0 Å². The van der Waals surface area contributed by atoms with Gasteiger partial charge in [-0.05, 0) is 24.3 Å². The molecule has 7 nitrogen and oxygen atoms in total. The monoisotopic (exact) mass is 413 g/mol. The fraction of sp³-hybridized carbons (Fsp3) is 0.333. The summed E-state index contributed by atoms with van der Waals surface area (Å²) in [6, 6.07) is 9.16. The molecule has 1 saturated heterocycles. The van der Waals surface area contributed by atoms with Crippen LogP contribution in [-0.4, -0.2) is 61.1 Å². The number of hydrogen-bond donors (Lipinski definition) is 0. The highest BCUT2D eigenvalue weighted by molar-refractivity contribution is 7.09. The van der Waals surface area contributed by atoms with Gasteiger partial charge in [-0.15, -0.1) is 11.3 Å². The van der Waals surface area contributed by atoms with Gasteiger partial charge in [0.25, 0.3) is 5.91 Å². The van der Waals surface area contributed by atoms with E-state index in [-0.39, 0.29) is 5.91 Å². The minimum absolute atomic E-state index is 0.0618. The second kappa shape index (κ2) is 8.67. The first-order valence-corrected chi connectivity index (χ1v) is 10.3. The van der Waals surface area contributed by atoms with Crippen LogP contribution in [0.2, 0.25) is 0 Å². The standard InChI is InChI=1S/C21H23N3O4S/c1-26-17-5-3-6-18(27-2)20(17)21(25)24-10-8-23(9-11-24)13-19-22-15(14-29-19)16-7-4-12-28-16/h3-7,12,14H,8-11,13H2,1-2H3. The average Bonchev–Trinajstić information content (AvgIpc) is 3.45. The lowest BCUT2D eigenvalue weighted by Gasteiger charge is -2.34. The first-order valence-electron chi connectivity index (χ1n) is 9.40. The molecule has 1 aromatic carbocycles. The summed E-state index contributed by atoms with van der Waals surface area (Å²) in [5.41, 5.74) is 1.35.